The zero-order valence-corrected chi connectivity index (χ0v) is 14.6. The Hall–Kier alpha value is -2.01. The molecule has 1 rings (SSSR count). The minimum absolute atomic E-state index is 0.0917. The molecule has 1 amide bonds. The van der Waals surface area contributed by atoms with Crippen LogP contribution in [0.15, 0.2) is 24.3 Å². The number of carbonyl (C=O) groups excluding carboxylic acids is 1. The van der Waals surface area contributed by atoms with Crippen LogP contribution in [0.3, 0.4) is 0 Å². The number of nitrogens with zero attached hydrogens (tertiary/aromatic N) is 1. The van der Waals surface area contributed by atoms with Crippen LogP contribution < -0.4 is 14.8 Å². The van der Waals surface area contributed by atoms with Gasteiger partial charge in [-0.25, -0.2) is 0 Å². The zero-order valence-electron chi connectivity index (χ0n) is 14.6. The minimum Gasteiger partial charge on any atom is -0.493 e. The maximum absolute atomic E-state index is 11.8. The van der Waals surface area contributed by atoms with E-state index in [1.807, 2.05) is 25.1 Å². The average Bonchev–Trinajstić information content (AvgIpc) is 2.57. The molecule has 1 N–H and O–H groups in total. The predicted octanol–water partition coefficient (Wildman–Crippen LogP) is 2.57. The van der Waals surface area contributed by atoms with Crippen molar-refractivity contribution in [3.63, 3.8) is 0 Å². The Kier molecular flexibility index (Phi) is 8.83. The van der Waals surface area contributed by atoms with E-state index in [0.717, 1.165) is 25.2 Å². The lowest BCUT2D eigenvalue weighted by Crippen LogP contribution is -2.34. The van der Waals surface area contributed by atoms with Gasteiger partial charge in [-0.3, -0.25) is 4.79 Å². The fraction of sp³-hybridized carbons (Fsp3) is 0.500. The highest BCUT2D eigenvalue weighted by molar-refractivity contribution is 5.91. The average molecular weight is 320 g/mol. The van der Waals surface area contributed by atoms with Gasteiger partial charge in [-0.05, 0) is 43.8 Å². The number of methoxy groups -OCH3 is 1. The van der Waals surface area contributed by atoms with Gasteiger partial charge in [0.15, 0.2) is 11.5 Å². The van der Waals surface area contributed by atoms with Gasteiger partial charge in [0, 0.05) is 19.2 Å². The first-order valence-corrected chi connectivity index (χ1v) is 8.13. The standard InChI is InChI=1S/C18H28N2O3/c1-5-20(6-2)13-12-19-18(21)11-9-15-8-10-16(22-4)17(14-15)23-7-3/h8-11,14H,5-7,12-13H2,1-4H3,(H,19,21)/b11-9+. The summed E-state index contributed by atoms with van der Waals surface area (Å²) in [5.74, 6) is 1.28. The van der Waals surface area contributed by atoms with Gasteiger partial charge < -0.3 is 19.7 Å². The molecular formula is C18H28N2O3. The smallest absolute Gasteiger partial charge is 0.244 e. The number of ether oxygens (including phenoxy) is 2. The van der Waals surface area contributed by atoms with Crippen molar-refractivity contribution >= 4 is 12.0 Å². The largest absolute Gasteiger partial charge is 0.493 e. The number of likely N-dealkylation sites (N-methyl/N-ethyl adjacent to an activating group) is 1. The molecule has 0 saturated carbocycles. The van der Waals surface area contributed by atoms with E-state index in [1.165, 1.54) is 0 Å². The van der Waals surface area contributed by atoms with Crippen LogP contribution in [0.1, 0.15) is 26.3 Å². The van der Waals surface area contributed by atoms with Crippen molar-refractivity contribution in [2.24, 2.45) is 0 Å². The SMILES string of the molecule is CCOc1cc(/C=C/C(=O)NCCN(CC)CC)ccc1OC. The van der Waals surface area contributed by atoms with Gasteiger partial charge in [-0.15, -0.1) is 0 Å². The van der Waals surface area contributed by atoms with Gasteiger partial charge in [0.1, 0.15) is 0 Å². The highest BCUT2D eigenvalue weighted by Crippen LogP contribution is 2.28. The molecule has 0 aliphatic rings. The van der Waals surface area contributed by atoms with E-state index in [9.17, 15) is 4.79 Å². The molecule has 0 atom stereocenters. The summed E-state index contributed by atoms with van der Waals surface area (Å²) >= 11 is 0. The topological polar surface area (TPSA) is 50.8 Å². The number of hydrogen-bond donors (Lipinski definition) is 1. The molecule has 23 heavy (non-hydrogen) atoms. The molecule has 0 saturated heterocycles. The van der Waals surface area contributed by atoms with Crippen molar-refractivity contribution < 1.29 is 14.3 Å². The highest BCUT2D eigenvalue weighted by Gasteiger charge is 2.04. The molecule has 5 heteroatoms. The minimum atomic E-state index is -0.0917. The van der Waals surface area contributed by atoms with E-state index in [2.05, 4.69) is 24.1 Å². The Morgan fingerprint density at radius 2 is 1.96 bits per heavy atom. The molecule has 0 unspecified atom stereocenters. The van der Waals surface area contributed by atoms with Gasteiger partial charge >= 0.3 is 0 Å². The lowest BCUT2D eigenvalue weighted by Gasteiger charge is -2.17. The third-order valence-corrected chi connectivity index (χ3v) is 3.54. The number of hydrogen-bond acceptors (Lipinski definition) is 4. The van der Waals surface area contributed by atoms with Crippen LogP contribution in [0.2, 0.25) is 0 Å². The van der Waals surface area contributed by atoms with Crippen molar-refractivity contribution in [2.45, 2.75) is 20.8 Å². The second kappa shape index (κ2) is 10.7. The summed E-state index contributed by atoms with van der Waals surface area (Å²) in [5.41, 5.74) is 0.896. The van der Waals surface area contributed by atoms with Crippen molar-refractivity contribution in [1.82, 2.24) is 10.2 Å². The van der Waals surface area contributed by atoms with Crippen molar-refractivity contribution in [3.8, 4) is 11.5 Å². The summed E-state index contributed by atoms with van der Waals surface area (Å²) < 4.78 is 10.8. The zero-order chi connectivity index (χ0) is 17.1. The van der Waals surface area contributed by atoms with Crippen LogP contribution in [0, 0.1) is 0 Å². The Bertz CT molecular complexity index is 511. The molecule has 0 fully saturated rings. The summed E-state index contributed by atoms with van der Waals surface area (Å²) in [7, 11) is 1.61. The number of carbonyl (C=O) groups is 1. The maximum Gasteiger partial charge on any atom is 0.244 e. The Morgan fingerprint density at radius 3 is 2.57 bits per heavy atom. The lowest BCUT2D eigenvalue weighted by molar-refractivity contribution is -0.116. The second-order valence-electron chi connectivity index (χ2n) is 4.99. The normalized spacial score (nSPS) is 11.0. The first-order valence-electron chi connectivity index (χ1n) is 8.13. The maximum atomic E-state index is 11.8. The second-order valence-corrected chi connectivity index (χ2v) is 4.99. The van der Waals surface area contributed by atoms with Crippen LogP contribution >= 0.6 is 0 Å². The molecule has 0 aliphatic heterocycles. The molecular weight excluding hydrogens is 292 g/mol. The predicted molar refractivity (Wildman–Crippen MR) is 94.0 cm³/mol. The molecule has 0 heterocycles. The van der Waals surface area contributed by atoms with E-state index < -0.39 is 0 Å². The molecule has 0 bridgehead atoms. The van der Waals surface area contributed by atoms with Crippen LogP contribution in [0.25, 0.3) is 6.08 Å². The van der Waals surface area contributed by atoms with Gasteiger partial charge in [-0.2, -0.15) is 0 Å². The summed E-state index contributed by atoms with van der Waals surface area (Å²) in [6.07, 6.45) is 3.31. The summed E-state index contributed by atoms with van der Waals surface area (Å²) in [4.78, 5) is 14.1. The first kappa shape index (κ1) is 19.0. The van der Waals surface area contributed by atoms with E-state index in [0.29, 0.717) is 24.7 Å². The molecule has 0 aromatic heterocycles. The van der Waals surface area contributed by atoms with Gasteiger partial charge in [-0.1, -0.05) is 19.9 Å². The number of nitrogens with one attached hydrogen (secondary N) is 1. The molecule has 0 aliphatic carbocycles. The van der Waals surface area contributed by atoms with Crippen LogP contribution in [0.4, 0.5) is 0 Å². The van der Waals surface area contributed by atoms with E-state index >= 15 is 0 Å². The first-order chi connectivity index (χ1) is 11.1. The van der Waals surface area contributed by atoms with Crippen LogP contribution in [-0.2, 0) is 4.79 Å². The van der Waals surface area contributed by atoms with E-state index in [1.54, 1.807) is 19.3 Å². The Balaban J connectivity index is 2.56. The summed E-state index contributed by atoms with van der Waals surface area (Å²) in [6.45, 7) is 10.2. The van der Waals surface area contributed by atoms with E-state index in [-0.39, 0.29) is 5.91 Å². The Morgan fingerprint density at radius 1 is 1.22 bits per heavy atom. The van der Waals surface area contributed by atoms with E-state index in [4.69, 9.17) is 9.47 Å². The number of benzene rings is 1. The third kappa shape index (κ3) is 6.74. The van der Waals surface area contributed by atoms with Crippen LogP contribution in [0.5, 0.6) is 11.5 Å². The molecule has 0 spiro atoms. The third-order valence-electron chi connectivity index (χ3n) is 3.54. The number of amides is 1. The monoisotopic (exact) mass is 320 g/mol. The molecule has 5 nitrogen and oxygen atoms in total. The number of rotatable bonds is 10. The van der Waals surface area contributed by atoms with Gasteiger partial charge in [0.2, 0.25) is 5.91 Å². The van der Waals surface area contributed by atoms with Gasteiger partial charge in [0.05, 0.1) is 13.7 Å². The molecule has 1 aromatic carbocycles. The van der Waals surface area contributed by atoms with Crippen molar-refractivity contribution in [1.29, 1.82) is 0 Å². The summed E-state index contributed by atoms with van der Waals surface area (Å²) in [5, 5.41) is 2.89. The molecule has 0 radical (unpaired) electrons. The Labute approximate surface area is 139 Å². The fourth-order valence-electron chi connectivity index (χ4n) is 2.17. The van der Waals surface area contributed by atoms with Gasteiger partial charge in [0.25, 0.3) is 0 Å². The van der Waals surface area contributed by atoms with Crippen molar-refractivity contribution in [2.75, 3.05) is 39.9 Å². The highest BCUT2D eigenvalue weighted by atomic mass is 16.5. The molecule has 128 valence electrons. The van der Waals surface area contributed by atoms with Crippen molar-refractivity contribution in [3.05, 3.63) is 29.8 Å². The quantitative estimate of drug-likeness (QED) is 0.673. The summed E-state index contributed by atoms with van der Waals surface area (Å²) in [6, 6.07) is 5.59. The molecule has 1 aromatic rings. The van der Waals surface area contributed by atoms with Crippen LogP contribution in [-0.4, -0.2) is 50.7 Å². The fourth-order valence-corrected chi connectivity index (χ4v) is 2.17. The lowest BCUT2D eigenvalue weighted by atomic mass is 10.2.